The van der Waals surface area contributed by atoms with Gasteiger partial charge < -0.3 is 4.74 Å². The number of rotatable bonds is 4. The van der Waals surface area contributed by atoms with Crippen LogP contribution in [0.15, 0.2) is 48.7 Å². The van der Waals surface area contributed by atoms with Gasteiger partial charge in [0.1, 0.15) is 18.3 Å². The lowest BCUT2D eigenvalue weighted by Gasteiger charge is -2.12. The predicted octanol–water partition coefficient (Wildman–Crippen LogP) is 4.27. The van der Waals surface area contributed by atoms with Gasteiger partial charge in [-0.15, -0.1) is 0 Å². The number of nitrogens with two attached hydrogens (primary N) is 1. The molecule has 1 aromatic heterocycles. The summed E-state index contributed by atoms with van der Waals surface area (Å²) in [6.45, 7) is -0.192. The van der Waals surface area contributed by atoms with Crippen LogP contribution in [0.3, 0.4) is 0 Å². The van der Waals surface area contributed by atoms with E-state index in [4.69, 9.17) is 10.5 Å². The molecule has 3 aromatic rings. The van der Waals surface area contributed by atoms with Gasteiger partial charge in [-0.1, -0.05) is 6.07 Å². The highest BCUT2D eigenvalue weighted by molar-refractivity contribution is 5.94. The van der Waals surface area contributed by atoms with E-state index in [9.17, 15) is 13.2 Å². The van der Waals surface area contributed by atoms with E-state index in [1.807, 2.05) is 0 Å². The first-order chi connectivity index (χ1) is 11.1. The lowest BCUT2D eigenvalue weighted by Crippen LogP contribution is -2.09. The number of alkyl halides is 2. The summed E-state index contributed by atoms with van der Waals surface area (Å²) >= 11 is 0. The highest BCUT2D eigenvalue weighted by atomic mass is 19.3. The molecule has 0 unspecified atom stereocenters. The SMILES string of the molecule is NCOc1ccc(-c2ccnc3ccc(F)cc23)cc1C(F)F. The summed E-state index contributed by atoms with van der Waals surface area (Å²) in [7, 11) is 0. The number of benzene rings is 2. The van der Waals surface area contributed by atoms with E-state index in [1.165, 1.54) is 24.3 Å². The van der Waals surface area contributed by atoms with Crippen molar-refractivity contribution in [3.63, 3.8) is 0 Å². The predicted molar refractivity (Wildman–Crippen MR) is 81.8 cm³/mol. The minimum absolute atomic E-state index is 0.0378. The van der Waals surface area contributed by atoms with E-state index in [2.05, 4.69) is 4.98 Å². The molecule has 0 radical (unpaired) electrons. The van der Waals surface area contributed by atoms with Crippen molar-refractivity contribution in [3.8, 4) is 16.9 Å². The fraction of sp³-hybridized carbons (Fsp3) is 0.118. The molecule has 0 aliphatic rings. The van der Waals surface area contributed by atoms with Crippen molar-refractivity contribution in [2.24, 2.45) is 5.73 Å². The van der Waals surface area contributed by atoms with Crippen molar-refractivity contribution in [3.05, 3.63) is 60.0 Å². The molecule has 2 aromatic carbocycles. The molecule has 0 fully saturated rings. The van der Waals surface area contributed by atoms with Gasteiger partial charge in [0.15, 0.2) is 0 Å². The Morgan fingerprint density at radius 1 is 1.09 bits per heavy atom. The van der Waals surface area contributed by atoms with Gasteiger partial charge >= 0.3 is 0 Å². The minimum Gasteiger partial charge on any atom is -0.478 e. The number of ether oxygens (including phenoxy) is 1. The molecule has 6 heteroatoms. The second-order valence-corrected chi connectivity index (χ2v) is 4.88. The Morgan fingerprint density at radius 2 is 1.91 bits per heavy atom. The zero-order chi connectivity index (χ0) is 16.4. The molecule has 0 saturated heterocycles. The zero-order valence-electron chi connectivity index (χ0n) is 12.0. The Hall–Kier alpha value is -2.60. The number of hydrogen-bond acceptors (Lipinski definition) is 3. The maximum atomic E-state index is 13.5. The van der Waals surface area contributed by atoms with Crippen molar-refractivity contribution in [2.45, 2.75) is 6.43 Å². The van der Waals surface area contributed by atoms with E-state index < -0.39 is 12.2 Å². The zero-order valence-corrected chi connectivity index (χ0v) is 12.0. The van der Waals surface area contributed by atoms with E-state index in [0.717, 1.165) is 0 Å². The average molecular weight is 318 g/mol. The van der Waals surface area contributed by atoms with Gasteiger partial charge in [-0.25, -0.2) is 13.2 Å². The normalized spacial score (nSPS) is 11.2. The summed E-state index contributed by atoms with van der Waals surface area (Å²) < 4.78 is 45.0. The van der Waals surface area contributed by atoms with E-state index in [1.54, 1.807) is 24.4 Å². The smallest absolute Gasteiger partial charge is 0.267 e. The van der Waals surface area contributed by atoms with E-state index in [0.29, 0.717) is 22.0 Å². The van der Waals surface area contributed by atoms with Crippen LogP contribution in [-0.4, -0.2) is 11.7 Å². The fourth-order valence-electron chi connectivity index (χ4n) is 2.48. The third-order valence-corrected chi connectivity index (χ3v) is 3.50. The van der Waals surface area contributed by atoms with Crippen LogP contribution in [-0.2, 0) is 0 Å². The Kier molecular flexibility index (Phi) is 4.16. The number of fused-ring (bicyclic) bond motifs is 1. The molecule has 0 atom stereocenters. The Morgan fingerprint density at radius 3 is 2.65 bits per heavy atom. The number of pyridine rings is 1. The minimum atomic E-state index is -2.71. The van der Waals surface area contributed by atoms with Gasteiger partial charge in [-0.05, 0) is 47.5 Å². The lowest BCUT2D eigenvalue weighted by atomic mass is 9.99. The van der Waals surface area contributed by atoms with Crippen LogP contribution >= 0.6 is 0 Å². The van der Waals surface area contributed by atoms with Crippen molar-refractivity contribution in [1.29, 1.82) is 0 Å². The van der Waals surface area contributed by atoms with Crippen molar-refractivity contribution in [2.75, 3.05) is 6.73 Å². The Bertz CT molecular complexity index is 852. The van der Waals surface area contributed by atoms with Gasteiger partial charge in [0.05, 0.1) is 11.1 Å². The third kappa shape index (κ3) is 2.98. The van der Waals surface area contributed by atoms with Crippen LogP contribution in [0.25, 0.3) is 22.0 Å². The van der Waals surface area contributed by atoms with Gasteiger partial charge in [-0.3, -0.25) is 10.7 Å². The molecule has 118 valence electrons. The van der Waals surface area contributed by atoms with Crippen molar-refractivity contribution >= 4 is 10.9 Å². The number of aromatic nitrogens is 1. The second-order valence-electron chi connectivity index (χ2n) is 4.88. The molecule has 2 N–H and O–H groups in total. The van der Waals surface area contributed by atoms with Crippen LogP contribution in [0.1, 0.15) is 12.0 Å². The van der Waals surface area contributed by atoms with Crippen LogP contribution < -0.4 is 10.5 Å². The second kappa shape index (κ2) is 6.26. The Balaban J connectivity index is 2.19. The number of halogens is 3. The van der Waals surface area contributed by atoms with Gasteiger partial charge in [0.25, 0.3) is 6.43 Å². The molecule has 3 rings (SSSR count). The van der Waals surface area contributed by atoms with Gasteiger partial charge in [0, 0.05) is 11.6 Å². The summed E-state index contributed by atoms with van der Waals surface area (Å²) in [5.41, 5.74) is 6.74. The van der Waals surface area contributed by atoms with Crippen molar-refractivity contribution < 1.29 is 17.9 Å². The molecule has 0 bridgehead atoms. The van der Waals surface area contributed by atoms with Gasteiger partial charge in [0.2, 0.25) is 0 Å². The summed E-state index contributed by atoms with van der Waals surface area (Å²) in [5.74, 6) is -0.375. The van der Waals surface area contributed by atoms with E-state index >= 15 is 0 Å². The van der Waals surface area contributed by atoms with E-state index in [-0.39, 0.29) is 18.0 Å². The summed E-state index contributed by atoms with van der Waals surface area (Å²) in [4.78, 5) is 4.16. The molecular formula is C17H13F3N2O. The third-order valence-electron chi connectivity index (χ3n) is 3.50. The highest BCUT2D eigenvalue weighted by Gasteiger charge is 2.16. The molecule has 0 aliphatic heterocycles. The first-order valence-electron chi connectivity index (χ1n) is 6.90. The van der Waals surface area contributed by atoms with Crippen molar-refractivity contribution in [1.82, 2.24) is 4.98 Å². The maximum absolute atomic E-state index is 13.5. The van der Waals surface area contributed by atoms with Crippen LogP contribution in [0, 0.1) is 5.82 Å². The average Bonchev–Trinajstić information content (AvgIpc) is 2.55. The van der Waals surface area contributed by atoms with Gasteiger partial charge in [-0.2, -0.15) is 0 Å². The fourth-order valence-corrected chi connectivity index (χ4v) is 2.48. The van der Waals surface area contributed by atoms with Crippen LogP contribution in [0.5, 0.6) is 5.75 Å². The molecule has 0 spiro atoms. The molecule has 3 nitrogen and oxygen atoms in total. The quantitative estimate of drug-likeness (QED) is 0.731. The number of hydrogen-bond donors (Lipinski definition) is 1. The Labute approximate surface area is 130 Å². The largest absolute Gasteiger partial charge is 0.478 e. The highest BCUT2D eigenvalue weighted by Crippen LogP contribution is 2.35. The summed E-state index contributed by atoms with van der Waals surface area (Å²) in [5, 5.41) is 0.556. The topological polar surface area (TPSA) is 48.1 Å². The maximum Gasteiger partial charge on any atom is 0.267 e. The molecule has 0 aliphatic carbocycles. The summed E-state index contributed by atoms with van der Waals surface area (Å²) in [6.07, 6.45) is -1.15. The monoisotopic (exact) mass is 318 g/mol. The number of nitrogens with zero attached hydrogens (tertiary/aromatic N) is 1. The molecule has 0 saturated carbocycles. The molecular weight excluding hydrogens is 305 g/mol. The standard InChI is InChI=1S/C17H13F3N2O/c18-11-2-3-15-13(8-11)12(5-6-22-15)10-1-4-16(23-9-21)14(7-10)17(19)20/h1-8,17H,9,21H2. The molecule has 1 heterocycles. The molecule has 0 amide bonds. The summed E-state index contributed by atoms with van der Waals surface area (Å²) in [6, 6.07) is 10.3. The lowest BCUT2D eigenvalue weighted by molar-refractivity contribution is 0.145. The first kappa shape index (κ1) is 15.3. The van der Waals surface area contributed by atoms with Crippen LogP contribution in [0.4, 0.5) is 13.2 Å². The first-order valence-corrected chi connectivity index (χ1v) is 6.90. The molecule has 23 heavy (non-hydrogen) atoms. The van der Waals surface area contributed by atoms with Crippen LogP contribution in [0.2, 0.25) is 0 Å².